The number of benzene rings is 1. The third kappa shape index (κ3) is 2.23. The summed E-state index contributed by atoms with van der Waals surface area (Å²) in [6, 6.07) is 7.67. The highest BCUT2D eigenvalue weighted by molar-refractivity contribution is 5.96. The molecule has 1 unspecified atom stereocenters. The van der Waals surface area contributed by atoms with E-state index in [4.69, 9.17) is 4.74 Å². The Balaban J connectivity index is 2.29. The van der Waals surface area contributed by atoms with Crippen molar-refractivity contribution in [2.75, 3.05) is 26.7 Å². The highest BCUT2D eigenvalue weighted by atomic mass is 16.5. The Morgan fingerprint density at radius 3 is 3.00 bits per heavy atom. The molecule has 1 atom stereocenters. The Morgan fingerprint density at radius 1 is 1.50 bits per heavy atom. The number of likely N-dealkylation sites (N-methyl/N-ethyl adjacent to an activating group) is 1. The van der Waals surface area contributed by atoms with Crippen LogP contribution in [0.5, 0.6) is 0 Å². The summed E-state index contributed by atoms with van der Waals surface area (Å²) < 4.78 is 5.43. The molecule has 2 rings (SSSR count). The molecule has 1 aromatic carbocycles. The van der Waals surface area contributed by atoms with Crippen molar-refractivity contribution < 1.29 is 9.84 Å². The monoisotopic (exact) mass is 220 g/mol. The number of rotatable bonds is 4. The van der Waals surface area contributed by atoms with Gasteiger partial charge in [0.2, 0.25) is 5.90 Å². The average molecular weight is 220 g/mol. The van der Waals surface area contributed by atoms with E-state index in [1.165, 1.54) is 0 Å². The van der Waals surface area contributed by atoms with Crippen LogP contribution in [0.25, 0.3) is 0 Å². The van der Waals surface area contributed by atoms with Gasteiger partial charge in [-0.15, -0.1) is 0 Å². The first-order valence-electron chi connectivity index (χ1n) is 5.42. The van der Waals surface area contributed by atoms with E-state index in [1.807, 2.05) is 31.3 Å². The maximum absolute atomic E-state index is 9.99. The number of aliphatic hydroxyl groups is 1. The van der Waals surface area contributed by atoms with Crippen LogP contribution in [0.15, 0.2) is 29.3 Å². The fourth-order valence-corrected chi connectivity index (χ4v) is 1.78. The SMILES string of the molecule is CNCC(O)c1ccccc1C1=NCCO1. The number of ether oxygens (including phenoxy) is 1. The first kappa shape index (κ1) is 11.1. The minimum absolute atomic E-state index is 0.518. The van der Waals surface area contributed by atoms with Gasteiger partial charge < -0.3 is 15.2 Å². The van der Waals surface area contributed by atoms with Crippen LogP contribution in [-0.4, -0.2) is 37.7 Å². The molecule has 1 heterocycles. The summed E-state index contributed by atoms with van der Waals surface area (Å²) in [5.74, 6) is 0.644. The van der Waals surface area contributed by atoms with E-state index < -0.39 is 6.10 Å². The molecule has 86 valence electrons. The van der Waals surface area contributed by atoms with Gasteiger partial charge >= 0.3 is 0 Å². The van der Waals surface area contributed by atoms with E-state index in [0.717, 1.165) is 11.1 Å². The van der Waals surface area contributed by atoms with Crippen molar-refractivity contribution in [1.82, 2.24) is 5.32 Å². The summed E-state index contributed by atoms with van der Waals surface area (Å²) in [5.41, 5.74) is 1.75. The van der Waals surface area contributed by atoms with Crippen LogP contribution < -0.4 is 5.32 Å². The highest BCUT2D eigenvalue weighted by Crippen LogP contribution is 2.20. The smallest absolute Gasteiger partial charge is 0.216 e. The van der Waals surface area contributed by atoms with E-state index in [9.17, 15) is 5.11 Å². The van der Waals surface area contributed by atoms with Gasteiger partial charge in [0.1, 0.15) is 6.61 Å². The zero-order chi connectivity index (χ0) is 11.4. The third-order valence-electron chi connectivity index (χ3n) is 2.53. The Kier molecular flexibility index (Phi) is 3.54. The zero-order valence-electron chi connectivity index (χ0n) is 9.31. The maximum atomic E-state index is 9.99. The van der Waals surface area contributed by atoms with Gasteiger partial charge in [-0.2, -0.15) is 0 Å². The lowest BCUT2D eigenvalue weighted by molar-refractivity contribution is 0.177. The Hall–Kier alpha value is -1.39. The number of aliphatic hydroxyl groups excluding tert-OH is 1. The van der Waals surface area contributed by atoms with Gasteiger partial charge in [0, 0.05) is 12.1 Å². The van der Waals surface area contributed by atoms with Gasteiger partial charge in [-0.3, -0.25) is 0 Å². The van der Waals surface area contributed by atoms with Crippen LogP contribution in [-0.2, 0) is 4.74 Å². The summed E-state index contributed by atoms with van der Waals surface area (Å²) in [7, 11) is 1.81. The number of hydrogen-bond donors (Lipinski definition) is 2. The normalized spacial score (nSPS) is 16.8. The molecule has 0 aromatic heterocycles. The first-order valence-corrected chi connectivity index (χ1v) is 5.42. The molecule has 0 spiro atoms. The third-order valence-corrected chi connectivity index (χ3v) is 2.53. The van der Waals surface area contributed by atoms with Crippen LogP contribution in [0.2, 0.25) is 0 Å². The van der Waals surface area contributed by atoms with Crippen molar-refractivity contribution in [3.63, 3.8) is 0 Å². The summed E-state index contributed by atoms with van der Waals surface area (Å²) in [5, 5.41) is 12.9. The van der Waals surface area contributed by atoms with Gasteiger partial charge in [-0.05, 0) is 18.7 Å². The van der Waals surface area contributed by atoms with Gasteiger partial charge in [0.25, 0.3) is 0 Å². The molecule has 0 bridgehead atoms. The molecule has 1 aliphatic rings. The molecule has 0 amide bonds. The van der Waals surface area contributed by atoms with E-state index in [1.54, 1.807) is 0 Å². The van der Waals surface area contributed by atoms with E-state index in [-0.39, 0.29) is 0 Å². The molecule has 1 aromatic rings. The molecule has 4 nitrogen and oxygen atoms in total. The predicted molar refractivity (Wildman–Crippen MR) is 62.7 cm³/mol. The topological polar surface area (TPSA) is 53.8 Å². The molecule has 0 radical (unpaired) electrons. The van der Waals surface area contributed by atoms with Gasteiger partial charge in [-0.25, -0.2) is 4.99 Å². The Labute approximate surface area is 95.0 Å². The van der Waals surface area contributed by atoms with Crippen LogP contribution >= 0.6 is 0 Å². The number of nitrogens with zero attached hydrogens (tertiary/aromatic N) is 1. The number of nitrogens with one attached hydrogen (secondary N) is 1. The minimum Gasteiger partial charge on any atom is -0.476 e. The first-order chi connectivity index (χ1) is 7.83. The molecule has 4 heteroatoms. The molecule has 1 aliphatic heterocycles. The standard InChI is InChI=1S/C12H16N2O2/c1-13-8-11(15)9-4-2-3-5-10(9)12-14-6-7-16-12/h2-5,11,13,15H,6-8H2,1H3. The number of aliphatic imine (C=N–C) groups is 1. The quantitative estimate of drug-likeness (QED) is 0.786. The molecule has 2 N–H and O–H groups in total. The van der Waals surface area contributed by atoms with Crippen molar-refractivity contribution in [3.05, 3.63) is 35.4 Å². The largest absolute Gasteiger partial charge is 0.476 e. The van der Waals surface area contributed by atoms with Crippen molar-refractivity contribution >= 4 is 5.90 Å². The summed E-state index contributed by atoms with van der Waals surface area (Å²) >= 11 is 0. The molecule has 0 saturated carbocycles. The molecular formula is C12H16N2O2. The lowest BCUT2D eigenvalue weighted by Gasteiger charge is -2.14. The second-order valence-corrected chi connectivity index (χ2v) is 3.70. The van der Waals surface area contributed by atoms with Crippen molar-refractivity contribution in [2.24, 2.45) is 4.99 Å². The molecule has 0 aliphatic carbocycles. The summed E-state index contributed by atoms with van der Waals surface area (Å²) in [4.78, 5) is 4.27. The van der Waals surface area contributed by atoms with E-state index in [0.29, 0.717) is 25.6 Å². The van der Waals surface area contributed by atoms with Gasteiger partial charge in [0.05, 0.1) is 12.6 Å². The lowest BCUT2D eigenvalue weighted by atomic mass is 10.0. The van der Waals surface area contributed by atoms with E-state index in [2.05, 4.69) is 10.3 Å². The van der Waals surface area contributed by atoms with E-state index >= 15 is 0 Å². The lowest BCUT2D eigenvalue weighted by Crippen LogP contribution is -2.19. The maximum Gasteiger partial charge on any atom is 0.216 e. The Morgan fingerprint density at radius 2 is 2.31 bits per heavy atom. The average Bonchev–Trinajstić information content (AvgIpc) is 2.83. The summed E-state index contributed by atoms with van der Waals surface area (Å²) in [6.07, 6.45) is -0.534. The zero-order valence-corrected chi connectivity index (χ0v) is 9.31. The van der Waals surface area contributed by atoms with Gasteiger partial charge in [0.15, 0.2) is 0 Å². The second kappa shape index (κ2) is 5.09. The minimum atomic E-state index is -0.534. The molecule has 16 heavy (non-hydrogen) atoms. The molecular weight excluding hydrogens is 204 g/mol. The second-order valence-electron chi connectivity index (χ2n) is 3.70. The van der Waals surface area contributed by atoms with Crippen LogP contribution in [0.3, 0.4) is 0 Å². The molecule has 0 fully saturated rings. The van der Waals surface area contributed by atoms with Crippen LogP contribution in [0.1, 0.15) is 17.2 Å². The van der Waals surface area contributed by atoms with Crippen LogP contribution in [0.4, 0.5) is 0 Å². The number of hydrogen-bond acceptors (Lipinski definition) is 4. The fourth-order valence-electron chi connectivity index (χ4n) is 1.78. The van der Waals surface area contributed by atoms with Crippen molar-refractivity contribution in [1.29, 1.82) is 0 Å². The van der Waals surface area contributed by atoms with Crippen molar-refractivity contribution in [2.45, 2.75) is 6.10 Å². The summed E-state index contributed by atoms with van der Waals surface area (Å²) in [6.45, 7) is 1.85. The predicted octanol–water partition coefficient (Wildman–Crippen LogP) is 0.716. The van der Waals surface area contributed by atoms with Crippen molar-refractivity contribution in [3.8, 4) is 0 Å². The Bertz CT molecular complexity index is 390. The highest BCUT2D eigenvalue weighted by Gasteiger charge is 2.18. The molecule has 0 saturated heterocycles. The fraction of sp³-hybridized carbons (Fsp3) is 0.417. The van der Waals surface area contributed by atoms with Crippen LogP contribution in [0, 0.1) is 0 Å². The van der Waals surface area contributed by atoms with Gasteiger partial charge in [-0.1, -0.05) is 18.2 Å².